The van der Waals surface area contributed by atoms with Gasteiger partial charge in [0.05, 0.1) is 0 Å². The van der Waals surface area contributed by atoms with Crippen molar-refractivity contribution in [3.05, 3.63) is 23.8 Å². The standard InChI is InChI=1S/C13H19NO2S/c1-3-9(2)17-7-11(14)10-4-5-12-13(6-10)16-8-15-12/h4-6,9,11H,3,7-8,14H2,1-2H3. The molecule has 1 aliphatic rings. The fourth-order valence-electron chi connectivity index (χ4n) is 1.63. The average molecular weight is 253 g/mol. The van der Waals surface area contributed by atoms with Crippen molar-refractivity contribution in [2.45, 2.75) is 31.6 Å². The number of fused-ring (bicyclic) bond motifs is 1. The fourth-order valence-corrected chi connectivity index (χ4v) is 2.59. The van der Waals surface area contributed by atoms with E-state index in [1.807, 2.05) is 30.0 Å². The van der Waals surface area contributed by atoms with E-state index in [1.54, 1.807) is 0 Å². The van der Waals surface area contributed by atoms with Gasteiger partial charge in [-0.1, -0.05) is 19.9 Å². The van der Waals surface area contributed by atoms with Crippen LogP contribution in [0.1, 0.15) is 31.9 Å². The summed E-state index contributed by atoms with van der Waals surface area (Å²) in [6.07, 6.45) is 1.18. The van der Waals surface area contributed by atoms with Crippen molar-refractivity contribution in [3.8, 4) is 11.5 Å². The van der Waals surface area contributed by atoms with Gasteiger partial charge < -0.3 is 15.2 Å². The van der Waals surface area contributed by atoms with E-state index in [4.69, 9.17) is 15.2 Å². The summed E-state index contributed by atoms with van der Waals surface area (Å²) < 4.78 is 10.6. The molecule has 2 N–H and O–H groups in total. The normalized spacial score (nSPS) is 16.9. The highest BCUT2D eigenvalue weighted by molar-refractivity contribution is 7.99. The second kappa shape index (κ2) is 5.65. The van der Waals surface area contributed by atoms with Crippen molar-refractivity contribution in [2.75, 3.05) is 12.5 Å². The summed E-state index contributed by atoms with van der Waals surface area (Å²) in [6, 6.07) is 6.01. The molecule has 0 saturated heterocycles. The molecule has 1 heterocycles. The molecule has 1 aliphatic heterocycles. The minimum Gasteiger partial charge on any atom is -0.454 e. The molecule has 0 radical (unpaired) electrons. The maximum Gasteiger partial charge on any atom is 0.231 e. The number of ether oxygens (including phenoxy) is 2. The van der Waals surface area contributed by atoms with Gasteiger partial charge in [-0.25, -0.2) is 0 Å². The van der Waals surface area contributed by atoms with Gasteiger partial charge in [0, 0.05) is 17.0 Å². The van der Waals surface area contributed by atoms with Crippen LogP contribution in [0.5, 0.6) is 11.5 Å². The third-order valence-corrected chi connectivity index (χ3v) is 4.41. The fraction of sp³-hybridized carbons (Fsp3) is 0.538. The second-order valence-electron chi connectivity index (χ2n) is 4.27. The van der Waals surface area contributed by atoms with Crippen molar-refractivity contribution in [1.29, 1.82) is 0 Å². The largest absolute Gasteiger partial charge is 0.454 e. The molecule has 0 bridgehead atoms. The molecule has 17 heavy (non-hydrogen) atoms. The molecule has 0 aromatic heterocycles. The van der Waals surface area contributed by atoms with Crippen molar-refractivity contribution in [3.63, 3.8) is 0 Å². The second-order valence-corrected chi connectivity index (χ2v) is 5.74. The van der Waals surface area contributed by atoms with Crippen molar-refractivity contribution < 1.29 is 9.47 Å². The lowest BCUT2D eigenvalue weighted by molar-refractivity contribution is 0.174. The first-order chi connectivity index (χ1) is 8.20. The molecule has 4 heteroatoms. The molecule has 0 aliphatic carbocycles. The van der Waals surface area contributed by atoms with Crippen molar-refractivity contribution >= 4 is 11.8 Å². The average Bonchev–Trinajstić information content (AvgIpc) is 2.82. The Morgan fingerprint density at radius 3 is 2.88 bits per heavy atom. The lowest BCUT2D eigenvalue weighted by atomic mass is 10.1. The van der Waals surface area contributed by atoms with Gasteiger partial charge in [-0.2, -0.15) is 11.8 Å². The van der Waals surface area contributed by atoms with Crippen LogP contribution in [0.25, 0.3) is 0 Å². The van der Waals surface area contributed by atoms with Gasteiger partial charge >= 0.3 is 0 Å². The van der Waals surface area contributed by atoms with Gasteiger partial charge in [0.1, 0.15) is 0 Å². The zero-order valence-corrected chi connectivity index (χ0v) is 11.1. The maximum atomic E-state index is 6.17. The molecule has 0 saturated carbocycles. The van der Waals surface area contributed by atoms with Crippen LogP contribution >= 0.6 is 11.8 Å². The van der Waals surface area contributed by atoms with E-state index in [1.165, 1.54) is 6.42 Å². The Hall–Kier alpha value is -0.870. The molecule has 2 unspecified atom stereocenters. The first-order valence-electron chi connectivity index (χ1n) is 5.97. The van der Waals surface area contributed by atoms with Gasteiger partial charge in [0.15, 0.2) is 11.5 Å². The molecule has 2 rings (SSSR count). The van der Waals surface area contributed by atoms with Crippen LogP contribution in [0.15, 0.2) is 18.2 Å². The van der Waals surface area contributed by atoms with E-state index >= 15 is 0 Å². The molecule has 0 spiro atoms. The van der Waals surface area contributed by atoms with Crippen LogP contribution in [0.4, 0.5) is 0 Å². The Bertz CT molecular complexity index is 384. The van der Waals surface area contributed by atoms with Gasteiger partial charge in [0.25, 0.3) is 0 Å². The first-order valence-corrected chi connectivity index (χ1v) is 7.02. The summed E-state index contributed by atoms with van der Waals surface area (Å²) in [5, 5.41) is 0.662. The van der Waals surface area contributed by atoms with Gasteiger partial charge in [-0.05, 0) is 24.1 Å². The predicted molar refractivity (Wildman–Crippen MR) is 71.7 cm³/mol. The smallest absolute Gasteiger partial charge is 0.231 e. The van der Waals surface area contributed by atoms with Gasteiger partial charge in [-0.15, -0.1) is 0 Å². The zero-order valence-electron chi connectivity index (χ0n) is 10.3. The quantitative estimate of drug-likeness (QED) is 0.876. The van der Waals surface area contributed by atoms with Crippen LogP contribution < -0.4 is 15.2 Å². The molecule has 1 aromatic rings. The molecular weight excluding hydrogens is 234 g/mol. The van der Waals surface area contributed by atoms with Crippen LogP contribution in [0.2, 0.25) is 0 Å². The summed E-state index contributed by atoms with van der Waals surface area (Å²) in [4.78, 5) is 0. The zero-order chi connectivity index (χ0) is 12.3. The summed E-state index contributed by atoms with van der Waals surface area (Å²) in [7, 11) is 0. The highest BCUT2D eigenvalue weighted by atomic mass is 32.2. The number of hydrogen-bond acceptors (Lipinski definition) is 4. The monoisotopic (exact) mass is 253 g/mol. The van der Waals surface area contributed by atoms with Crippen LogP contribution in [-0.2, 0) is 0 Å². The molecule has 2 atom stereocenters. The third-order valence-electron chi connectivity index (χ3n) is 2.96. The van der Waals surface area contributed by atoms with E-state index in [9.17, 15) is 0 Å². The van der Waals surface area contributed by atoms with E-state index in [-0.39, 0.29) is 6.04 Å². The lowest BCUT2D eigenvalue weighted by Gasteiger charge is -2.15. The van der Waals surface area contributed by atoms with Crippen molar-refractivity contribution in [1.82, 2.24) is 0 Å². The van der Waals surface area contributed by atoms with Gasteiger partial charge in [0.2, 0.25) is 6.79 Å². The third kappa shape index (κ3) is 3.07. The number of thioether (sulfide) groups is 1. The van der Waals surface area contributed by atoms with E-state index in [0.29, 0.717) is 12.0 Å². The van der Waals surface area contributed by atoms with Crippen molar-refractivity contribution in [2.24, 2.45) is 5.73 Å². The number of hydrogen-bond donors (Lipinski definition) is 1. The van der Waals surface area contributed by atoms with Crippen LogP contribution in [-0.4, -0.2) is 17.8 Å². The van der Waals surface area contributed by atoms with Gasteiger partial charge in [-0.3, -0.25) is 0 Å². The molecule has 3 nitrogen and oxygen atoms in total. The molecule has 1 aromatic carbocycles. The summed E-state index contributed by atoms with van der Waals surface area (Å²) in [5.41, 5.74) is 7.29. The summed E-state index contributed by atoms with van der Waals surface area (Å²) in [5.74, 6) is 2.57. The lowest BCUT2D eigenvalue weighted by Crippen LogP contribution is -2.14. The topological polar surface area (TPSA) is 44.5 Å². The van der Waals surface area contributed by atoms with E-state index in [2.05, 4.69) is 13.8 Å². The Morgan fingerprint density at radius 2 is 2.12 bits per heavy atom. The number of rotatable bonds is 5. The summed E-state index contributed by atoms with van der Waals surface area (Å²) >= 11 is 1.92. The minimum absolute atomic E-state index is 0.0588. The van der Waals surface area contributed by atoms with E-state index < -0.39 is 0 Å². The predicted octanol–water partition coefficient (Wildman–Crippen LogP) is 2.95. The molecular formula is C13H19NO2S. The molecule has 94 valence electrons. The Labute approximate surface area is 107 Å². The Morgan fingerprint density at radius 1 is 1.35 bits per heavy atom. The SMILES string of the molecule is CCC(C)SCC(N)c1ccc2c(c1)OCO2. The van der Waals surface area contributed by atoms with Crippen LogP contribution in [0, 0.1) is 0 Å². The molecule has 0 fully saturated rings. The van der Waals surface area contributed by atoms with Crippen LogP contribution in [0.3, 0.4) is 0 Å². The first kappa shape index (κ1) is 12.6. The molecule has 0 amide bonds. The maximum absolute atomic E-state index is 6.17. The minimum atomic E-state index is 0.0588. The summed E-state index contributed by atoms with van der Waals surface area (Å²) in [6.45, 7) is 4.75. The Kier molecular flexibility index (Phi) is 4.18. The highest BCUT2D eigenvalue weighted by Gasteiger charge is 2.16. The highest BCUT2D eigenvalue weighted by Crippen LogP contribution is 2.34. The Balaban J connectivity index is 1.97. The number of benzene rings is 1. The van der Waals surface area contributed by atoms with E-state index in [0.717, 1.165) is 22.8 Å². The number of nitrogens with two attached hydrogens (primary N) is 1.